The van der Waals surface area contributed by atoms with E-state index in [0.717, 1.165) is 0 Å². The van der Waals surface area contributed by atoms with E-state index < -0.39 is 10.0 Å². The number of nitrogens with one attached hydrogen (secondary N) is 1. The Kier molecular flexibility index (Phi) is 3.68. The predicted molar refractivity (Wildman–Crippen MR) is 77.9 cm³/mol. The van der Waals surface area contributed by atoms with Crippen molar-refractivity contribution < 1.29 is 8.42 Å². The monoisotopic (exact) mass is 296 g/mol. The van der Waals surface area contributed by atoms with Gasteiger partial charge in [0.25, 0.3) is 10.0 Å². The van der Waals surface area contributed by atoms with Crippen molar-refractivity contribution >= 4 is 33.0 Å². The standard InChI is InChI=1S/C13H13ClN2O2S/c1-9-4-2-3-5-13(9)19(17,18)16-12-8-10(14)6-7-11(12)15/h2-8,16H,15H2,1H3. The van der Waals surface area contributed by atoms with Gasteiger partial charge in [-0.3, -0.25) is 4.72 Å². The molecule has 0 spiro atoms. The fourth-order valence-corrected chi connectivity index (χ4v) is 3.17. The highest BCUT2D eigenvalue weighted by atomic mass is 35.5. The summed E-state index contributed by atoms with van der Waals surface area (Å²) in [5.41, 5.74) is 6.98. The lowest BCUT2D eigenvalue weighted by Gasteiger charge is -2.12. The van der Waals surface area contributed by atoms with Gasteiger partial charge in [-0.1, -0.05) is 29.8 Å². The highest BCUT2D eigenvalue weighted by Crippen LogP contribution is 2.26. The van der Waals surface area contributed by atoms with Crippen LogP contribution in [-0.2, 0) is 10.0 Å². The van der Waals surface area contributed by atoms with E-state index in [9.17, 15) is 8.42 Å². The van der Waals surface area contributed by atoms with Crippen LogP contribution < -0.4 is 10.5 Å². The first-order chi connectivity index (χ1) is 8.90. The van der Waals surface area contributed by atoms with Crippen molar-refractivity contribution in [3.8, 4) is 0 Å². The Bertz CT molecular complexity index is 714. The summed E-state index contributed by atoms with van der Waals surface area (Å²) in [6, 6.07) is 11.4. The van der Waals surface area contributed by atoms with Gasteiger partial charge in [-0.15, -0.1) is 0 Å². The molecular weight excluding hydrogens is 284 g/mol. The summed E-state index contributed by atoms with van der Waals surface area (Å²) in [6.45, 7) is 1.73. The summed E-state index contributed by atoms with van der Waals surface area (Å²) in [6.07, 6.45) is 0. The number of halogens is 1. The molecule has 0 amide bonds. The molecule has 3 N–H and O–H groups in total. The van der Waals surface area contributed by atoms with Gasteiger partial charge in [-0.05, 0) is 36.8 Å². The largest absolute Gasteiger partial charge is 0.397 e. The van der Waals surface area contributed by atoms with Crippen LogP contribution in [0.2, 0.25) is 5.02 Å². The molecule has 2 rings (SSSR count). The van der Waals surface area contributed by atoms with Crippen molar-refractivity contribution in [2.75, 3.05) is 10.5 Å². The van der Waals surface area contributed by atoms with E-state index in [4.69, 9.17) is 17.3 Å². The molecule has 0 aliphatic carbocycles. The molecule has 0 aliphatic heterocycles. The van der Waals surface area contributed by atoms with E-state index in [1.807, 2.05) is 0 Å². The molecule has 0 unspecified atom stereocenters. The predicted octanol–water partition coefficient (Wildman–Crippen LogP) is 3.03. The Labute approximate surface area is 117 Å². The Morgan fingerprint density at radius 1 is 1.16 bits per heavy atom. The minimum atomic E-state index is -3.67. The molecule has 2 aromatic carbocycles. The van der Waals surface area contributed by atoms with Gasteiger partial charge in [-0.2, -0.15) is 0 Å². The van der Waals surface area contributed by atoms with Crippen LogP contribution in [0.25, 0.3) is 0 Å². The number of benzene rings is 2. The highest BCUT2D eigenvalue weighted by molar-refractivity contribution is 7.92. The number of nitrogens with two attached hydrogens (primary N) is 1. The number of sulfonamides is 1. The Morgan fingerprint density at radius 2 is 1.84 bits per heavy atom. The van der Waals surface area contributed by atoms with Crippen molar-refractivity contribution in [3.63, 3.8) is 0 Å². The van der Waals surface area contributed by atoms with Crippen molar-refractivity contribution in [2.45, 2.75) is 11.8 Å². The summed E-state index contributed by atoms with van der Waals surface area (Å²) in [5.74, 6) is 0. The number of hydrogen-bond donors (Lipinski definition) is 2. The molecule has 0 atom stereocenters. The van der Waals surface area contributed by atoms with Crippen LogP contribution in [0.3, 0.4) is 0 Å². The molecule has 0 saturated carbocycles. The highest BCUT2D eigenvalue weighted by Gasteiger charge is 2.17. The van der Waals surface area contributed by atoms with Crippen molar-refractivity contribution in [2.24, 2.45) is 0 Å². The Morgan fingerprint density at radius 3 is 2.53 bits per heavy atom. The van der Waals surface area contributed by atoms with Gasteiger partial charge < -0.3 is 5.73 Å². The van der Waals surface area contributed by atoms with E-state index in [0.29, 0.717) is 16.3 Å². The number of anilines is 2. The lowest BCUT2D eigenvalue weighted by Crippen LogP contribution is -2.15. The zero-order chi connectivity index (χ0) is 14.0. The molecule has 2 aromatic rings. The molecule has 4 nitrogen and oxygen atoms in total. The van der Waals surface area contributed by atoms with Crippen LogP contribution >= 0.6 is 11.6 Å². The number of hydrogen-bond acceptors (Lipinski definition) is 3. The Hall–Kier alpha value is -1.72. The van der Waals surface area contributed by atoms with E-state index in [2.05, 4.69) is 4.72 Å². The first kappa shape index (κ1) is 13.7. The molecular formula is C13H13ClN2O2S. The van der Waals surface area contributed by atoms with Gasteiger partial charge in [0.1, 0.15) is 0 Å². The summed E-state index contributed by atoms with van der Waals surface area (Å²) in [4.78, 5) is 0.217. The van der Waals surface area contributed by atoms with E-state index in [1.165, 1.54) is 6.07 Å². The molecule has 0 aliphatic rings. The molecule has 0 heterocycles. The average Bonchev–Trinajstić information content (AvgIpc) is 2.34. The molecule has 0 fully saturated rings. The van der Waals surface area contributed by atoms with Gasteiger partial charge in [0.2, 0.25) is 0 Å². The lowest BCUT2D eigenvalue weighted by atomic mass is 10.2. The van der Waals surface area contributed by atoms with Crippen LogP contribution in [0.1, 0.15) is 5.56 Å². The van der Waals surface area contributed by atoms with E-state index in [1.54, 1.807) is 43.3 Å². The first-order valence-corrected chi connectivity index (χ1v) is 7.40. The maximum Gasteiger partial charge on any atom is 0.262 e. The third-order valence-corrected chi connectivity index (χ3v) is 4.40. The van der Waals surface area contributed by atoms with Crippen LogP contribution in [0.15, 0.2) is 47.4 Å². The maximum atomic E-state index is 12.3. The maximum absolute atomic E-state index is 12.3. The van der Waals surface area contributed by atoms with Crippen LogP contribution in [0.5, 0.6) is 0 Å². The second-order valence-electron chi connectivity index (χ2n) is 4.10. The summed E-state index contributed by atoms with van der Waals surface area (Å²) < 4.78 is 27.0. The topological polar surface area (TPSA) is 72.2 Å². The second kappa shape index (κ2) is 5.11. The van der Waals surface area contributed by atoms with Crippen molar-refractivity contribution in [1.29, 1.82) is 0 Å². The molecule has 19 heavy (non-hydrogen) atoms. The molecule has 100 valence electrons. The zero-order valence-corrected chi connectivity index (χ0v) is 11.8. The van der Waals surface area contributed by atoms with Crippen LogP contribution in [0.4, 0.5) is 11.4 Å². The fraction of sp³-hybridized carbons (Fsp3) is 0.0769. The van der Waals surface area contributed by atoms with Crippen molar-refractivity contribution in [3.05, 3.63) is 53.1 Å². The summed E-state index contributed by atoms with van der Waals surface area (Å²) >= 11 is 5.83. The molecule has 0 radical (unpaired) electrons. The summed E-state index contributed by atoms with van der Waals surface area (Å²) in [5, 5.41) is 0.414. The first-order valence-electron chi connectivity index (χ1n) is 5.53. The van der Waals surface area contributed by atoms with Gasteiger partial charge in [-0.25, -0.2) is 8.42 Å². The zero-order valence-electron chi connectivity index (χ0n) is 10.2. The lowest BCUT2D eigenvalue weighted by molar-refractivity contribution is 0.600. The fourth-order valence-electron chi connectivity index (χ4n) is 1.67. The molecule has 6 heteroatoms. The van der Waals surface area contributed by atoms with Crippen LogP contribution in [0, 0.1) is 6.92 Å². The Balaban J connectivity index is 2.43. The van der Waals surface area contributed by atoms with Gasteiger partial charge in [0.05, 0.1) is 16.3 Å². The molecule has 0 saturated heterocycles. The smallest absolute Gasteiger partial charge is 0.262 e. The minimum absolute atomic E-state index is 0.217. The van der Waals surface area contributed by atoms with Gasteiger partial charge >= 0.3 is 0 Å². The van der Waals surface area contributed by atoms with Crippen molar-refractivity contribution in [1.82, 2.24) is 0 Å². The molecule has 0 bridgehead atoms. The van der Waals surface area contributed by atoms with E-state index in [-0.39, 0.29) is 10.6 Å². The van der Waals surface area contributed by atoms with Crippen LogP contribution in [-0.4, -0.2) is 8.42 Å². The SMILES string of the molecule is Cc1ccccc1S(=O)(=O)Nc1cc(Cl)ccc1N. The number of rotatable bonds is 3. The van der Waals surface area contributed by atoms with E-state index >= 15 is 0 Å². The quantitative estimate of drug-likeness (QED) is 0.855. The third kappa shape index (κ3) is 3.00. The third-order valence-electron chi connectivity index (χ3n) is 2.64. The summed E-state index contributed by atoms with van der Waals surface area (Å²) in [7, 11) is -3.67. The average molecular weight is 297 g/mol. The minimum Gasteiger partial charge on any atom is -0.397 e. The van der Waals surface area contributed by atoms with Gasteiger partial charge in [0, 0.05) is 5.02 Å². The number of nitrogen functional groups attached to an aromatic ring is 1. The molecule has 0 aromatic heterocycles. The van der Waals surface area contributed by atoms with Gasteiger partial charge in [0.15, 0.2) is 0 Å². The normalized spacial score (nSPS) is 11.3. The second-order valence-corrected chi connectivity index (χ2v) is 6.19. The number of aryl methyl sites for hydroxylation is 1.